The van der Waals surface area contributed by atoms with Gasteiger partial charge in [0, 0.05) is 13.1 Å². The maximum atomic E-state index is 12.9. The highest BCUT2D eigenvalue weighted by atomic mass is 35.5. The summed E-state index contributed by atoms with van der Waals surface area (Å²) in [6.07, 6.45) is 0.852. The number of likely N-dealkylation sites (N-methyl/N-ethyl adjacent to an activating group) is 1. The minimum Gasteiger partial charge on any atom is -0.497 e. The van der Waals surface area contributed by atoms with Crippen LogP contribution in [0.5, 0.6) is 5.75 Å². The largest absolute Gasteiger partial charge is 0.497 e. The first kappa shape index (κ1) is 17.8. The van der Waals surface area contributed by atoms with Crippen molar-refractivity contribution in [2.45, 2.75) is 25.7 Å². The van der Waals surface area contributed by atoms with Gasteiger partial charge in [0.15, 0.2) is 0 Å². The molecule has 0 aromatic heterocycles. The fourth-order valence-electron chi connectivity index (χ4n) is 3.03. The Labute approximate surface area is 133 Å². The van der Waals surface area contributed by atoms with Crippen molar-refractivity contribution in [2.75, 3.05) is 26.7 Å². The summed E-state index contributed by atoms with van der Waals surface area (Å²) >= 11 is 0. The van der Waals surface area contributed by atoms with E-state index in [0.29, 0.717) is 6.54 Å². The second-order valence-corrected chi connectivity index (χ2v) is 5.31. The number of nitrogens with two attached hydrogens (primary N) is 1. The van der Waals surface area contributed by atoms with E-state index in [1.54, 1.807) is 7.11 Å². The van der Waals surface area contributed by atoms with E-state index < -0.39 is 5.41 Å². The lowest BCUT2D eigenvalue weighted by molar-refractivity contribution is -0.134. The molecular weight excluding hydrogens is 288 g/mol. The van der Waals surface area contributed by atoms with Gasteiger partial charge in [-0.05, 0) is 50.4 Å². The van der Waals surface area contributed by atoms with Crippen LogP contribution in [-0.2, 0) is 10.2 Å². The standard InChI is InChI=1S/C16H24N2O2.ClH/c1-4-18(5-2)15(19)16(10-13(16)11-17)12-6-8-14(20-3)9-7-12;/h6-9,13H,4-5,10-11,17H2,1-3H3;1H/t13-,16+;/m1./s1. The second-order valence-electron chi connectivity index (χ2n) is 5.31. The predicted molar refractivity (Wildman–Crippen MR) is 87.0 cm³/mol. The van der Waals surface area contributed by atoms with Crippen LogP contribution < -0.4 is 10.5 Å². The van der Waals surface area contributed by atoms with Gasteiger partial charge in [-0.25, -0.2) is 0 Å². The van der Waals surface area contributed by atoms with Crippen molar-refractivity contribution < 1.29 is 9.53 Å². The third-order valence-electron chi connectivity index (χ3n) is 4.43. The molecule has 118 valence electrons. The molecule has 2 N–H and O–H groups in total. The second kappa shape index (κ2) is 7.14. The summed E-state index contributed by atoms with van der Waals surface area (Å²) in [6.45, 7) is 6.07. The van der Waals surface area contributed by atoms with Crippen LogP contribution in [0.3, 0.4) is 0 Å². The molecule has 0 saturated heterocycles. The quantitative estimate of drug-likeness (QED) is 0.876. The van der Waals surface area contributed by atoms with Gasteiger partial charge in [-0.2, -0.15) is 0 Å². The maximum Gasteiger partial charge on any atom is 0.233 e. The van der Waals surface area contributed by atoms with Crippen molar-refractivity contribution in [2.24, 2.45) is 11.7 Å². The lowest BCUT2D eigenvalue weighted by Gasteiger charge is -2.26. The number of ether oxygens (including phenoxy) is 1. The van der Waals surface area contributed by atoms with Gasteiger partial charge in [0.1, 0.15) is 5.75 Å². The number of carbonyl (C=O) groups excluding carboxylic acids is 1. The molecule has 1 fully saturated rings. The molecule has 1 aliphatic carbocycles. The molecule has 1 saturated carbocycles. The van der Waals surface area contributed by atoms with E-state index in [1.165, 1.54) is 0 Å². The van der Waals surface area contributed by atoms with E-state index in [2.05, 4.69) is 0 Å². The molecule has 0 spiro atoms. The highest BCUT2D eigenvalue weighted by Gasteiger charge is 2.61. The number of benzene rings is 1. The Morgan fingerprint density at radius 1 is 1.33 bits per heavy atom. The van der Waals surface area contributed by atoms with Gasteiger partial charge in [-0.1, -0.05) is 12.1 Å². The number of halogens is 1. The minimum absolute atomic E-state index is 0. The molecule has 2 rings (SSSR count). The fraction of sp³-hybridized carbons (Fsp3) is 0.562. The van der Waals surface area contributed by atoms with Gasteiger partial charge in [0.05, 0.1) is 12.5 Å². The first-order valence-electron chi connectivity index (χ1n) is 7.28. The van der Waals surface area contributed by atoms with Crippen molar-refractivity contribution in [3.8, 4) is 5.75 Å². The number of rotatable bonds is 6. The van der Waals surface area contributed by atoms with Crippen molar-refractivity contribution >= 4 is 18.3 Å². The molecule has 1 amide bonds. The van der Waals surface area contributed by atoms with Crippen LogP contribution in [0, 0.1) is 5.92 Å². The summed E-state index contributed by atoms with van der Waals surface area (Å²) in [7, 11) is 1.64. The Morgan fingerprint density at radius 2 is 1.90 bits per heavy atom. The molecule has 0 bridgehead atoms. The van der Waals surface area contributed by atoms with E-state index in [0.717, 1.165) is 30.8 Å². The van der Waals surface area contributed by atoms with Crippen LogP contribution >= 0.6 is 12.4 Å². The molecule has 0 radical (unpaired) electrons. The lowest BCUT2D eigenvalue weighted by atomic mass is 9.91. The zero-order valence-electron chi connectivity index (χ0n) is 13.0. The van der Waals surface area contributed by atoms with Gasteiger partial charge in [0.2, 0.25) is 5.91 Å². The predicted octanol–water partition coefficient (Wildman–Crippen LogP) is 2.20. The van der Waals surface area contributed by atoms with Crippen molar-refractivity contribution in [1.82, 2.24) is 4.90 Å². The minimum atomic E-state index is -0.410. The lowest BCUT2D eigenvalue weighted by Crippen LogP contribution is -2.40. The molecule has 0 heterocycles. The van der Waals surface area contributed by atoms with Gasteiger partial charge in [-0.3, -0.25) is 4.79 Å². The summed E-state index contributed by atoms with van der Waals surface area (Å²) < 4.78 is 5.19. The molecule has 1 aromatic rings. The first-order valence-corrected chi connectivity index (χ1v) is 7.28. The summed E-state index contributed by atoms with van der Waals surface area (Å²) in [4.78, 5) is 14.8. The summed E-state index contributed by atoms with van der Waals surface area (Å²) in [5.41, 5.74) is 6.48. The Kier molecular flexibility index (Phi) is 6.05. The van der Waals surface area contributed by atoms with Crippen molar-refractivity contribution in [3.05, 3.63) is 29.8 Å². The highest BCUT2D eigenvalue weighted by molar-refractivity contribution is 5.92. The molecule has 0 unspecified atom stereocenters. The fourth-order valence-corrected chi connectivity index (χ4v) is 3.03. The molecule has 4 nitrogen and oxygen atoms in total. The maximum absolute atomic E-state index is 12.9. The summed E-state index contributed by atoms with van der Waals surface area (Å²) in [5, 5.41) is 0. The smallest absolute Gasteiger partial charge is 0.233 e. The van der Waals surface area contributed by atoms with E-state index >= 15 is 0 Å². The van der Waals surface area contributed by atoms with Gasteiger partial charge < -0.3 is 15.4 Å². The van der Waals surface area contributed by atoms with Crippen LogP contribution in [0.4, 0.5) is 0 Å². The summed E-state index contributed by atoms with van der Waals surface area (Å²) in [6, 6.07) is 7.82. The summed E-state index contributed by atoms with van der Waals surface area (Å²) in [5.74, 6) is 1.27. The normalized spacial score (nSPS) is 23.1. The van der Waals surface area contributed by atoms with Crippen LogP contribution in [0.25, 0.3) is 0 Å². The average molecular weight is 313 g/mol. The van der Waals surface area contributed by atoms with Gasteiger partial charge in [0.25, 0.3) is 0 Å². The first-order chi connectivity index (χ1) is 9.63. The third-order valence-corrected chi connectivity index (χ3v) is 4.43. The van der Waals surface area contributed by atoms with E-state index in [-0.39, 0.29) is 24.2 Å². The molecule has 1 aliphatic rings. The van der Waals surface area contributed by atoms with E-state index in [4.69, 9.17) is 10.5 Å². The Balaban J connectivity index is 0.00000220. The van der Waals surface area contributed by atoms with Gasteiger partial charge in [-0.15, -0.1) is 12.4 Å². The number of hydrogen-bond acceptors (Lipinski definition) is 3. The Morgan fingerprint density at radius 3 is 2.29 bits per heavy atom. The Hall–Kier alpha value is -1.26. The zero-order chi connectivity index (χ0) is 14.8. The molecule has 2 atom stereocenters. The Bertz CT molecular complexity index is 474. The number of amides is 1. The van der Waals surface area contributed by atoms with E-state index in [1.807, 2.05) is 43.0 Å². The van der Waals surface area contributed by atoms with Crippen LogP contribution in [0.1, 0.15) is 25.8 Å². The molecule has 21 heavy (non-hydrogen) atoms. The molecule has 5 heteroatoms. The highest BCUT2D eigenvalue weighted by Crippen LogP contribution is 2.55. The van der Waals surface area contributed by atoms with Crippen molar-refractivity contribution in [3.63, 3.8) is 0 Å². The monoisotopic (exact) mass is 312 g/mol. The van der Waals surface area contributed by atoms with Gasteiger partial charge >= 0.3 is 0 Å². The number of methoxy groups -OCH3 is 1. The zero-order valence-corrected chi connectivity index (χ0v) is 13.8. The van der Waals surface area contributed by atoms with Crippen LogP contribution in [0.15, 0.2) is 24.3 Å². The molecule has 1 aromatic carbocycles. The topological polar surface area (TPSA) is 55.6 Å². The number of carbonyl (C=O) groups is 1. The van der Waals surface area contributed by atoms with Crippen LogP contribution in [-0.4, -0.2) is 37.6 Å². The molecular formula is C16H25ClN2O2. The molecule has 0 aliphatic heterocycles. The number of hydrogen-bond donors (Lipinski definition) is 1. The number of nitrogens with zero attached hydrogens (tertiary/aromatic N) is 1. The van der Waals surface area contributed by atoms with Crippen LogP contribution in [0.2, 0.25) is 0 Å². The van der Waals surface area contributed by atoms with Crippen molar-refractivity contribution in [1.29, 1.82) is 0 Å². The van der Waals surface area contributed by atoms with E-state index in [9.17, 15) is 4.79 Å². The SMILES string of the molecule is CCN(CC)C(=O)[C@]1(c2ccc(OC)cc2)C[C@@H]1CN.Cl. The third kappa shape index (κ3) is 3.01. The average Bonchev–Trinajstić information content (AvgIpc) is 3.24.